The van der Waals surface area contributed by atoms with Crippen LogP contribution in [0.1, 0.15) is 17.2 Å². The molecule has 0 aliphatic rings. The van der Waals surface area contributed by atoms with Crippen molar-refractivity contribution in [3.63, 3.8) is 0 Å². The van der Waals surface area contributed by atoms with Crippen molar-refractivity contribution in [2.45, 2.75) is 12.5 Å². The van der Waals surface area contributed by atoms with Crippen LogP contribution < -0.4 is 5.73 Å². The summed E-state index contributed by atoms with van der Waals surface area (Å²) in [5.74, 6) is 0. The van der Waals surface area contributed by atoms with E-state index in [4.69, 9.17) is 17.3 Å². The first-order valence-electron chi connectivity index (χ1n) is 6.30. The Morgan fingerprint density at radius 1 is 1.11 bits per heavy atom. The van der Waals surface area contributed by atoms with Gasteiger partial charge in [-0.05, 0) is 29.7 Å². The normalized spacial score (nSPS) is 12.7. The standard InChI is InChI=1S/C16H15ClN2/c17-13-6-7-14-12(10-19-16(14)9-13)8-15(18)11-4-2-1-3-5-11/h1-7,9-10,15,19H,8,18H2. The van der Waals surface area contributed by atoms with Gasteiger partial charge in [0.05, 0.1) is 0 Å². The molecule has 2 nitrogen and oxygen atoms in total. The molecule has 1 heterocycles. The van der Waals surface area contributed by atoms with E-state index in [-0.39, 0.29) is 6.04 Å². The van der Waals surface area contributed by atoms with Gasteiger partial charge in [-0.25, -0.2) is 0 Å². The van der Waals surface area contributed by atoms with Crippen LogP contribution in [0.3, 0.4) is 0 Å². The molecule has 96 valence electrons. The maximum Gasteiger partial charge on any atom is 0.0471 e. The smallest absolute Gasteiger partial charge is 0.0471 e. The summed E-state index contributed by atoms with van der Waals surface area (Å²) in [6.07, 6.45) is 2.83. The van der Waals surface area contributed by atoms with Gasteiger partial charge in [-0.1, -0.05) is 48.0 Å². The molecule has 0 aliphatic heterocycles. The number of aromatic nitrogens is 1. The van der Waals surface area contributed by atoms with E-state index in [1.807, 2.05) is 42.6 Å². The lowest BCUT2D eigenvalue weighted by molar-refractivity contribution is 0.725. The molecule has 1 aromatic heterocycles. The topological polar surface area (TPSA) is 41.8 Å². The van der Waals surface area contributed by atoms with Crippen LogP contribution in [-0.2, 0) is 6.42 Å². The molecule has 0 radical (unpaired) electrons. The zero-order valence-corrected chi connectivity index (χ0v) is 11.2. The Morgan fingerprint density at radius 2 is 1.89 bits per heavy atom. The average Bonchev–Trinajstić information content (AvgIpc) is 2.82. The van der Waals surface area contributed by atoms with Crippen LogP contribution in [0.5, 0.6) is 0 Å². The molecule has 0 bridgehead atoms. The van der Waals surface area contributed by atoms with Crippen LogP contribution in [0, 0.1) is 0 Å². The molecule has 3 aromatic rings. The second-order valence-corrected chi connectivity index (χ2v) is 5.16. The Hall–Kier alpha value is -1.77. The van der Waals surface area contributed by atoms with Gasteiger partial charge in [-0.2, -0.15) is 0 Å². The Morgan fingerprint density at radius 3 is 2.68 bits per heavy atom. The number of fused-ring (bicyclic) bond motifs is 1. The third-order valence-corrected chi connectivity index (χ3v) is 3.63. The van der Waals surface area contributed by atoms with Gasteiger partial charge in [0.25, 0.3) is 0 Å². The number of hydrogen-bond acceptors (Lipinski definition) is 1. The summed E-state index contributed by atoms with van der Waals surface area (Å²) in [7, 11) is 0. The highest BCUT2D eigenvalue weighted by Gasteiger charge is 2.10. The van der Waals surface area contributed by atoms with Crippen LogP contribution >= 0.6 is 11.6 Å². The highest BCUT2D eigenvalue weighted by atomic mass is 35.5. The molecular weight excluding hydrogens is 256 g/mol. The summed E-state index contributed by atoms with van der Waals surface area (Å²) < 4.78 is 0. The van der Waals surface area contributed by atoms with Crippen LogP contribution in [-0.4, -0.2) is 4.98 Å². The van der Waals surface area contributed by atoms with E-state index in [0.29, 0.717) is 0 Å². The lowest BCUT2D eigenvalue weighted by Crippen LogP contribution is -2.12. The predicted molar refractivity (Wildman–Crippen MR) is 80.4 cm³/mol. The van der Waals surface area contributed by atoms with E-state index in [1.165, 1.54) is 10.9 Å². The van der Waals surface area contributed by atoms with Gasteiger partial charge in [-0.15, -0.1) is 0 Å². The lowest BCUT2D eigenvalue weighted by Gasteiger charge is -2.11. The molecule has 19 heavy (non-hydrogen) atoms. The van der Waals surface area contributed by atoms with Crippen LogP contribution in [0.2, 0.25) is 5.02 Å². The molecule has 3 N–H and O–H groups in total. The SMILES string of the molecule is NC(Cc1c[nH]c2cc(Cl)ccc12)c1ccccc1. The van der Waals surface area contributed by atoms with Gasteiger partial charge < -0.3 is 10.7 Å². The number of benzene rings is 2. The maximum absolute atomic E-state index is 6.27. The first-order valence-corrected chi connectivity index (χ1v) is 6.68. The van der Waals surface area contributed by atoms with Crippen molar-refractivity contribution in [1.82, 2.24) is 4.98 Å². The van der Waals surface area contributed by atoms with Crippen LogP contribution in [0.4, 0.5) is 0 Å². The fourth-order valence-electron chi connectivity index (χ4n) is 2.38. The van der Waals surface area contributed by atoms with E-state index < -0.39 is 0 Å². The highest BCUT2D eigenvalue weighted by Crippen LogP contribution is 2.25. The number of nitrogens with two attached hydrogens (primary N) is 1. The first kappa shape index (κ1) is 12.3. The average molecular weight is 271 g/mol. The summed E-state index contributed by atoms with van der Waals surface area (Å²) >= 11 is 5.98. The van der Waals surface area contributed by atoms with E-state index >= 15 is 0 Å². The third-order valence-electron chi connectivity index (χ3n) is 3.40. The summed E-state index contributed by atoms with van der Waals surface area (Å²) in [6, 6.07) is 16.1. The molecule has 0 amide bonds. The summed E-state index contributed by atoms with van der Waals surface area (Å²) in [4.78, 5) is 3.25. The summed E-state index contributed by atoms with van der Waals surface area (Å²) in [5, 5.41) is 1.93. The molecule has 3 rings (SSSR count). The fraction of sp³-hybridized carbons (Fsp3) is 0.125. The zero-order valence-electron chi connectivity index (χ0n) is 10.4. The van der Waals surface area contributed by atoms with Gasteiger partial charge in [-0.3, -0.25) is 0 Å². The van der Waals surface area contributed by atoms with E-state index in [2.05, 4.69) is 17.1 Å². The second-order valence-electron chi connectivity index (χ2n) is 4.73. The minimum Gasteiger partial charge on any atom is -0.361 e. The van der Waals surface area contributed by atoms with Crippen molar-refractivity contribution in [2.75, 3.05) is 0 Å². The zero-order chi connectivity index (χ0) is 13.2. The quantitative estimate of drug-likeness (QED) is 0.740. The second kappa shape index (κ2) is 5.08. The number of aromatic amines is 1. The van der Waals surface area contributed by atoms with Gasteiger partial charge in [0, 0.05) is 28.2 Å². The molecule has 1 atom stereocenters. The molecule has 0 aliphatic carbocycles. The molecule has 2 aromatic carbocycles. The molecule has 0 saturated heterocycles. The van der Waals surface area contributed by atoms with E-state index in [9.17, 15) is 0 Å². The number of halogens is 1. The maximum atomic E-state index is 6.27. The molecule has 0 saturated carbocycles. The molecular formula is C16H15ClN2. The monoisotopic (exact) mass is 270 g/mol. The van der Waals surface area contributed by atoms with Crippen LogP contribution in [0.25, 0.3) is 10.9 Å². The Balaban J connectivity index is 1.89. The molecule has 3 heteroatoms. The Bertz CT molecular complexity index is 688. The molecule has 0 fully saturated rings. The largest absolute Gasteiger partial charge is 0.361 e. The fourth-order valence-corrected chi connectivity index (χ4v) is 2.55. The van der Waals surface area contributed by atoms with Crippen molar-refractivity contribution >= 4 is 22.5 Å². The van der Waals surface area contributed by atoms with Crippen molar-refractivity contribution < 1.29 is 0 Å². The van der Waals surface area contributed by atoms with Crippen molar-refractivity contribution in [3.05, 3.63) is 70.9 Å². The van der Waals surface area contributed by atoms with E-state index in [0.717, 1.165) is 22.5 Å². The van der Waals surface area contributed by atoms with Crippen molar-refractivity contribution in [2.24, 2.45) is 5.73 Å². The number of rotatable bonds is 3. The van der Waals surface area contributed by atoms with Gasteiger partial charge in [0.15, 0.2) is 0 Å². The summed E-state index contributed by atoms with van der Waals surface area (Å²) in [5.41, 5.74) is 9.71. The predicted octanol–water partition coefficient (Wildman–Crippen LogP) is 4.06. The number of hydrogen-bond donors (Lipinski definition) is 2. The number of H-pyrrole nitrogens is 1. The molecule has 0 spiro atoms. The minimum atomic E-state index is 0.0101. The molecule has 1 unspecified atom stereocenters. The highest BCUT2D eigenvalue weighted by molar-refractivity contribution is 6.31. The van der Waals surface area contributed by atoms with Gasteiger partial charge in [0.2, 0.25) is 0 Å². The number of nitrogens with one attached hydrogen (secondary N) is 1. The first-order chi connectivity index (χ1) is 9.24. The minimum absolute atomic E-state index is 0.0101. The lowest BCUT2D eigenvalue weighted by atomic mass is 9.99. The van der Waals surface area contributed by atoms with Gasteiger partial charge in [0.1, 0.15) is 0 Å². The summed E-state index contributed by atoms with van der Waals surface area (Å²) in [6.45, 7) is 0. The van der Waals surface area contributed by atoms with E-state index in [1.54, 1.807) is 0 Å². The Labute approximate surface area is 117 Å². The third kappa shape index (κ3) is 2.50. The van der Waals surface area contributed by atoms with Gasteiger partial charge >= 0.3 is 0 Å². The van der Waals surface area contributed by atoms with Crippen LogP contribution in [0.15, 0.2) is 54.7 Å². The van der Waals surface area contributed by atoms with Crippen molar-refractivity contribution in [3.8, 4) is 0 Å². The van der Waals surface area contributed by atoms with Crippen molar-refractivity contribution in [1.29, 1.82) is 0 Å². The Kier molecular flexibility index (Phi) is 3.28.